The zero-order valence-electron chi connectivity index (χ0n) is 17.7. The van der Waals surface area contributed by atoms with E-state index < -0.39 is 0 Å². The predicted octanol–water partition coefficient (Wildman–Crippen LogP) is 4.19. The number of aryl methyl sites for hydroxylation is 2. The van der Waals surface area contributed by atoms with E-state index in [1.54, 1.807) is 7.11 Å². The van der Waals surface area contributed by atoms with Crippen LogP contribution in [0.25, 0.3) is 10.9 Å². The minimum atomic E-state index is 0.197. The number of aromatic amines is 1. The number of carbonyl (C=O) groups excluding carboxylic acids is 1. The molecule has 0 aliphatic carbocycles. The fourth-order valence-electron chi connectivity index (χ4n) is 4.42. The van der Waals surface area contributed by atoms with Crippen LogP contribution in [0.4, 0.5) is 5.69 Å². The van der Waals surface area contributed by atoms with Gasteiger partial charge in [-0.15, -0.1) is 0 Å². The van der Waals surface area contributed by atoms with E-state index in [-0.39, 0.29) is 5.78 Å². The van der Waals surface area contributed by atoms with Crippen LogP contribution in [0.15, 0.2) is 42.5 Å². The van der Waals surface area contributed by atoms with Gasteiger partial charge in [0.2, 0.25) is 0 Å². The Hall–Kier alpha value is -2.79. The summed E-state index contributed by atoms with van der Waals surface area (Å²) in [6.45, 7) is 9.41. The molecule has 0 radical (unpaired) electrons. The Morgan fingerprint density at radius 1 is 1.14 bits per heavy atom. The second kappa shape index (κ2) is 7.91. The normalized spacial score (nSPS) is 17.7. The van der Waals surface area contributed by atoms with Crippen molar-refractivity contribution in [3.8, 4) is 5.75 Å². The first-order valence-electron chi connectivity index (χ1n) is 10.2. The molecule has 2 aromatic carbocycles. The maximum atomic E-state index is 13.1. The van der Waals surface area contributed by atoms with Gasteiger partial charge in [0.25, 0.3) is 0 Å². The highest BCUT2D eigenvalue weighted by Gasteiger charge is 2.26. The number of hydrogen-bond acceptors (Lipinski definition) is 4. The number of piperazine rings is 1. The number of fused-ring (bicyclic) bond motifs is 1. The Labute approximate surface area is 172 Å². The molecule has 5 heteroatoms. The van der Waals surface area contributed by atoms with Crippen molar-refractivity contribution in [2.24, 2.45) is 0 Å². The van der Waals surface area contributed by atoms with E-state index in [2.05, 4.69) is 59.0 Å². The molecule has 1 fully saturated rings. The van der Waals surface area contributed by atoms with Crippen LogP contribution in [0.5, 0.6) is 5.75 Å². The van der Waals surface area contributed by atoms with E-state index in [4.69, 9.17) is 4.74 Å². The van der Waals surface area contributed by atoms with E-state index in [1.165, 1.54) is 11.3 Å². The van der Waals surface area contributed by atoms with E-state index in [1.807, 2.05) is 19.1 Å². The summed E-state index contributed by atoms with van der Waals surface area (Å²) in [5.41, 5.74) is 5.24. The van der Waals surface area contributed by atoms with Crippen molar-refractivity contribution < 1.29 is 9.53 Å². The van der Waals surface area contributed by atoms with Gasteiger partial charge in [-0.1, -0.05) is 12.1 Å². The van der Waals surface area contributed by atoms with Gasteiger partial charge in [-0.2, -0.15) is 0 Å². The van der Waals surface area contributed by atoms with E-state index in [0.29, 0.717) is 12.6 Å². The molecule has 1 aromatic heterocycles. The van der Waals surface area contributed by atoms with Gasteiger partial charge in [0.05, 0.1) is 13.7 Å². The fraction of sp³-hybridized carbons (Fsp3) is 0.375. The number of rotatable bonds is 5. The number of ketones is 1. The summed E-state index contributed by atoms with van der Waals surface area (Å²) in [4.78, 5) is 21.2. The number of nitrogens with zero attached hydrogens (tertiary/aromatic N) is 2. The van der Waals surface area contributed by atoms with Crippen molar-refractivity contribution >= 4 is 22.4 Å². The van der Waals surface area contributed by atoms with Gasteiger partial charge < -0.3 is 14.6 Å². The fourth-order valence-corrected chi connectivity index (χ4v) is 4.42. The summed E-state index contributed by atoms with van der Waals surface area (Å²) in [7, 11) is 1.68. The summed E-state index contributed by atoms with van der Waals surface area (Å²) >= 11 is 0. The summed E-state index contributed by atoms with van der Waals surface area (Å²) in [6.07, 6.45) is 0. The number of carbonyl (C=O) groups is 1. The number of nitrogens with one attached hydrogen (secondary N) is 1. The van der Waals surface area contributed by atoms with Crippen molar-refractivity contribution in [3.63, 3.8) is 0 Å². The number of Topliss-reactive ketones (excluding diaryl/α,β-unsaturated/α-hetero) is 1. The molecule has 1 aliphatic rings. The smallest absolute Gasteiger partial charge is 0.179 e. The van der Waals surface area contributed by atoms with Crippen LogP contribution in [0.3, 0.4) is 0 Å². The quantitative estimate of drug-likeness (QED) is 0.663. The molecule has 1 saturated heterocycles. The maximum absolute atomic E-state index is 13.1. The van der Waals surface area contributed by atoms with Crippen molar-refractivity contribution in [2.75, 3.05) is 38.2 Å². The van der Waals surface area contributed by atoms with Gasteiger partial charge in [0, 0.05) is 53.5 Å². The highest BCUT2D eigenvalue weighted by molar-refractivity contribution is 6.10. The summed E-state index contributed by atoms with van der Waals surface area (Å²) < 4.78 is 5.26. The molecule has 3 aromatic rings. The molecule has 0 amide bonds. The van der Waals surface area contributed by atoms with Crippen LogP contribution in [-0.2, 0) is 0 Å². The molecule has 2 heterocycles. The SMILES string of the molecule is COc1ccc(N2CCN(CC(=O)c3c(C)[nH]c4cc(C)ccc34)C[C@@H]2C)cc1. The van der Waals surface area contributed by atoms with Crippen LogP contribution >= 0.6 is 0 Å². The van der Waals surface area contributed by atoms with Gasteiger partial charge in [-0.3, -0.25) is 9.69 Å². The zero-order chi connectivity index (χ0) is 20.5. The lowest BCUT2D eigenvalue weighted by molar-refractivity contribution is 0.0918. The first-order chi connectivity index (χ1) is 14.0. The molecule has 0 bridgehead atoms. The summed E-state index contributed by atoms with van der Waals surface area (Å²) in [6, 6.07) is 14.8. The Balaban J connectivity index is 1.45. The number of anilines is 1. The van der Waals surface area contributed by atoms with Crippen molar-refractivity contribution in [2.45, 2.75) is 26.8 Å². The molecule has 5 nitrogen and oxygen atoms in total. The molecule has 0 unspecified atom stereocenters. The largest absolute Gasteiger partial charge is 0.497 e. The zero-order valence-corrected chi connectivity index (χ0v) is 17.7. The van der Waals surface area contributed by atoms with Gasteiger partial charge in [0.1, 0.15) is 5.75 Å². The minimum Gasteiger partial charge on any atom is -0.497 e. The molecule has 4 rings (SSSR count). The predicted molar refractivity (Wildman–Crippen MR) is 118 cm³/mol. The standard InChI is InChI=1S/C24H29N3O2/c1-16-5-10-21-22(13-16)25-18(3)24(21)23(28)15-26-11-12-27(17(2)14-26)19-6-8-20(29-4)9-7-19/h5-10,13,17,25H,11-12,14-15H2,1-4H3/t17-/m0/s1. The van der Waals surface area contributed by atoms with Crippen LogP contribution in [0.2, 0.25) is 0 Å². The molecule has 1 aliphatic heterocycles. The number of H-pyrrole nitrogens is 1. The Morgan fingerprint density at radius 2 is 1.90 bits per heavy atom. The molecular formula is C24H29N3O2. The Kier molecular flexibility index (Phi) is 5.33. The van der Waals surface area contributed by atoms with Crippen LogP contribution in [0, 0.1) is 13.8 Å². The second-order valence-corrected chi connectivity index (χ2v) is 8.07. The first kappa shape index (κ1) is 19.5. The minimum absolute atomic E-state index is 0.197. The first-order valence-corrected chi connectivity index (χ1v) is 10.2. The Bertz CT molecular complexity index is 1020. The lowest BCUT2D eigenvalue weighted by atomic mass is 10.0. The van der Waals surface area contributed by atoms with Gasteiger partial charge in [-0.05, 0) is 56.7 Å². The second-order valence-electron chi connectivity index (χ2n) is 8.07. The summed E-state index contributed by atoms with van der Waals surface area (Å²) in [5.74, 6) is 1.07. The average molecular weight is 392 g/mol. The third kappa shape index (κ3) is 3.87. The molecule has 152 valence electrons. The number of aromatic nitrogens is 1. The van der Waals surface area contributed by atoms with Crippen LogP contribution in [-0.4, -0.2) is 55.0 Å². The number of hydrogen-bond donors (Lipinski definition) is 1. The maximum Gasteiger partial charge on any atom is 0.179 e. The number of benzene rings is 2. The highest BCUT2D eigenvalue weighted by atomic mass is 16.5. The molecule has 29 heavy (non-hydrogen) atoms. The van der Waals surface area contributed by atoms with E-state index >= 15 is 0 Å². The van der Waals surface area contributed by atoms with Crippen LogP contribution in [0.1, 0.15) is 28.5 Å². The monoisotopic (exact) mass is 391 g/mol. The van der Waals surface area contributed by atoms with Gasteiger partial charge in [0.15, 0.2) is 5.78 Å². The number of methoxy groups -OCH3 is 1. The van der Waals surface area contributed by atoms with Crippen molar-refractivity contribution in [1.82, 2.24) is 9.88 Å². The lowest BCUT2D eigenvalue weighted by Gasteiger charge is -2.41. The van der Waals surface area contributed by atoms with Crippen LogP contribution < -0.4 is 9.64 Å². The number of ether oxygens (including phenoxy) is 1. The lowest BCUT2D eigenvalue weighted by Crippen LogP contribution is -2.53. The third-order valence-electron chi connectivity index (χ3n) is 5.90. The third-order valence-corrected chi connectivity index (χ3v) is 5.90. The molecule has 0 saturated carbocycles. The van der Waals surface area contributed by atoms with Gasteiger partial charge >= 0.3 is 0 Å². The summed E-state index contributed by atoms with van der Waals surface area (Å²) in [5, 5.41) is 1.03. The molecular weight excluding hydrogens is 362 g/mol. The van der Waals surface area contributed by atoms with E-state index in [0.717, 1.165) is 47.5 Å². The topological polar surface area (TPSA) is 48.6 Å². The molecule has 0 spiro atoms. The molecule has 1 N–H and O–H groups in total. The van der Waals surface area contributed by atoms with E-state index in [9.17, 15) is 4.79 Å². The Morgan fingerprint density at radius 3 is 2.59 bits per heavy atom. The highest BCUT2D eigenvalue weighted by Crippen LogP contribution is 2.26. The van der Waals surface area contributed by atoms with Gasteiger partial charge in [-0.25, -0.2) is 0 Å². The molecule has 1 atom stereocenters. The van der Waals surface area contributed by atoms with Crippen molar-refractivity contribution in [3.05, 3.63) is 59.3 Å². The van der Waals surface area contributed by atoms with Crippen molar-refractivity contribution in [1.29, 1.82) is 0 Å². The average Bonchev–Trinajstić information content (AvgIpc) is 3.03.